The predicted octanol–water partition coefficient (Wildman–Crippen LogP) is 5.88. The Hall–Kier alpha value is -0.290. The highest BCUT2D eigenvalue weighted by atomic mass is 32.2. The molecule has 4 aliphatic rings. The van der Waals surface area contributed by atoms with E-state index < -0.39 is 17.8 Å². The summed E-state index contributed by atoms with van der Waals surface area (Å²) < 4.78 is 0. The van der Waals surface area contributed by atoms with Crippen molar-refractivity contribution in [3.8, 4) is 0 Å². The summed E-state index contributed by atoms with van der Waals surface area (Å²) in [6.45, 7) is 11.1. The van der Waals surface area contributed by atoms with Crippen LogP contribution < -0.4 is 0 Å². The molecule has 32 heavy (non-hydrogen) atoms. The zero-order chi connectivity index (χ0) is 23.3. The third kappa shape index (κ3) is 4.39. The van der Waals surface area contributed by atoms with E-state index in [0.717, 1.165) is 25.2 Å². The van der Waals surface area contributed by atoms with Crippen LogP contribution in [0.25, 0.3) is 0 Å². The second-order valence-electron chi connectivity index (χ2n) is 12.4. The van der Waals surface area contributed by atoms with Gasteiger partial charge in [-0.2, -0.15) is 11.8 Å². The molecule has 0 heterocycles. The van der Waals surface area contributed by atoms with Crippen LogP contribution in [-0.4, -0.2) is 44.1 Å². The molecule has 0 radical (unpaired) electrons. The molecule has 0 aliphatic heterocycles. The summed E-state index contributed by atoms with van der Waals surface area (Å²) in [6.07, 6.45) is 13.3. The van der Waals surface area contributed by atoms with E-state index in [9.17, 15) is 15.3 Å². The Morgan fingerprint density at radius 1 is 1.09 bits per heavy atom. The van der Waals surface area contributed by atoms with Gasteiger partial charge in [-0.3, -0.25) is 0 Å². The summed E-state index contributed by atoms with van der Waals surface area (Å²) in [7, 11) is 0. The summed E-state index contributed by atoms with van der Waals surface area (Å²) in [5, 5.41) is 31.9. The van der Waals surface area contributed by atoms with Crippen LogP contribution in [0, 0.1) is 28.6 Å². The van der Waals surface area contributed by atoms with E-state index in [1.165, 1.54) is 43.4 Å². The molecular formula is C28H46O3S. The number of hydrogen-bond donors (Lipinski definition) is 3. The lowest BCUT2D eigenvalue weighted by atomic mass is 9.49. The number of aliphatic hydroxyl groups is 3. The fourth-order valence-corrected chi connectivity index (χ4v) is 9.33. The van der Waals surface area contributed by atoms with Crippen LogP contribution in [0.3, 0.4) is 0 Å². The largest absolute Gasteiger partial charge is 0.393 e. The molecule has 8 atom stereocenters. The second kappa shape index (κ2) is 9.06. The van der Waals surface area contributed by atoms with Gasteiger partial charge in [0.15, 0.2) is 0 Å². The molecule has 0 aromatic heterocycles. The van der Waals surface area contributed by atoms with Crippen LogP contribution in [0.2, 0.25) is 0 Å². The highest BCUT2D eigenvalue weighted by Gasteiger charge is 2.58. The highest BCUT2D eigenvalue weighted by molar-refractivity contribution is 7.99. The van der Waals surface area contributed by atoms with E-state index >= 15 is 0 Å². The van der Waals surface area contributed by atoms with Gasteiger partial charge in [0.25, 0.3) is 0 Å². The van der Waals surface area contributed by atoms with Crippen LogP contribution in [0.5, 0.6) is 0 Å². The van der Waals surface area contributed by atoms with Gasteiger partial charge in [0.05, 0.1) is 17.8 Å². The Morgan fingerprint density at radius 2 is 1.84 bits per heavy atom. The Labute approximate surface area is 200 Å². The lowest BCUT2D eigenvalue weighted by Crippen LogP contribution is -2.52. The fourth-order valence-electron chi connectivity index (χ4n) is 7.90. The molecule has 182 valence electrons. The number of unbranched alkanes of at least 4 members (excludes halogenated alkanes) is 1. The summed E-state index contributed by atoms with van der Waals surface area (Å²) >= 11 is 2.15. The normalized spacial score (nSPS) is 42.4. The maximum Gasteiger partial charge on any atom is 0.0661 e. The molecule has 0 aromatic rings. The molecule has 3 nitrogen and oxygen atoms in total. The lowest BCUT2D eigenvalue weighted by molar-refractivity contribution is -0.0526. The van der Waals surface area contributed by atoms with Gasteiger partial charge in [0.1, 0.15) is 0 Å². The Bertz CT molecular complexity index is 752. The fraction of sp³-hybridized carbons (Fsp3) is 0.857. The minimum absolute atomic E-state index is 0.191. The first-order chi connectivity index (χ1) is 15.0. The maximum atomic E-state index is 11.1. The van der Waals surface area contributed by atoms with Crippen molar-refractivity contribution in [2.75, 3.05) is 5.75 Å². The van der Waals surface area contributed by atoms with E-state index in [1.807, 2.05) is 13.8 Å². The summed E-state index contributed by atoms with van der Waals surface area (Å²) in [6, 6.07) is 0. The van der Waals surface area contributed by atoms with E-state index in [0.29, 0.717) is 28.9 Å². The topological polar surface area (TPSA) is 60.7 Å². The van der Waals surface area contributed by atoms with E-state index in [2.05, 4.69) is 44.7 Å². The van der Waals surface area contributed by atoms with Crippen molar-refractivity contribution in [1.82, 2.24) is 0 Å². The van der Waals surface area contributed by atoms with E-state index in [4.69, 9.17) is 0 Å². The van der Waals surface area contributed by atoms with Crippen molar-refractivity contribution in [2.24, 2.45) is 28.6 Å². The van der Waals surface area contributed by atoms with Crippen molar-refractivity contribution < 1.29 is 15.3 Å². The first-order valence-electron chi connectivity index (χ1n) is 13.1. The molecule has 3 N–H and O–H groups in total. The first kappa shape index (κ1) is 24.8. The van der Waals surface area contributed by atoms with Gasteiger partial charge in [-0.15, -0.1) is 0 Å². The van der Waals surface area contributed by atoms with Gasteiger partial charge in [0.2, 0.25) is 0 Å². The Kier molecular flexibility index (Phi) is 7.03. The molecule has 4 rings (SSSR count). The molecule has 0 bridgehead atoms. The van der Waals surface area contributed by atoms with Crippen LogP contribution in [-0.2, 0) is 0 Å². The molecule has 0 unspecified atom stereocenters. The van der Waals surface area contributed by atoms with Crippen LogP contribution in [0.1, 0.15) is 92.4 Å². The molecule has 0 spiro atoms. The lowest BCUT2D eigenvalue weighted by Gasteiger charge is -2.56. The van der Waals surface area contributed by atoms with E-state index in [-0.39, 0.29) is 5.41 Å². The second-order valence-corrected chi connectivity index (χ2v) is 13.9. The predicted molar refractivity (Wildman–Crippen MR) is 135 cm³/mol. The summed E-state index contributed by atoms with van der Waals surface area (Å²) in [4.78, 5) is 0. The minimum Gasteiger partial charge on any atom is -0.393 e. The standard InChI is InChI=1S/C28H46O3S/c1-18(32-15-7-6-13-26(2,3)31)22-10-11-23-21-9-8-19-16-20(29)17-25(30)28(19,5)24(21)12-14-27(22,23)4/h8-9,18,20,22-25,29-31H,6-7,10-17H2,1-5H3/t18-,20-,22-,23+,24+,25+,27-,28+/m1/s1. The van der Waals surface area contributed by atoms with Crippen LogP contribution in [0.4, 0.5) is 0 Å². The van der Waals surface area contributed by atoms with Crippen molar-refractivity contribution in [1.29, 1.82) is 0 Å². The highest BCUT2D eigenvalue weighted by Crippen LogP contribution is 2.66. The third-order valence-corrected chi connectivity index (χ3v) is 11.2. The number of aliphatic hydroxyl groups excluding tert-OH is 2. The van der Waals surface area contributed by atoms with Crippen molar-refractivity contribution in [3.05, 3.63) is 23.3 Å². The number of thioether (sulfide) groups is 1. The molecule has 0 aromatic carbocycles. The van der Waals surface area contributed by atoms with Crippen molar-refractivity contribution >= 4 is 11.8 Å². The number of allylic oxidation sites excluding steroid dienone is 3. The average Bonchev–Trinajstić information content (AvgIpc) is 3.05. The average molecular weight is 463 g/mol. The first-order valence-corrected chi connectivity index (χ1v) is 14.1. The summed E-state index contributed by atoms with van der Waals surface area (Å²) in [5.74, 6) is 3.02. The maximum absolute atomic E-state index is 11.1. The molecule has 4 heteroatoms. The number of fused-ring (bicyclic) bond motifs is 5. The zero-order valence-corrected chi connectivity index (χ0v) is 21.8. The van der Waals surface area contributed by atoms with Gasteiger partial charge >= 0.3 is 0 Å². The quantitative estimate of drug-likeness (QED) is 0.414. The van der Waals surface area contributed by atoms with Gasteiger partial charge in [-0.05, 0) is 94.1 Å². The van der Waals surface area contributed by atoms with Gasteiger partial charge in [-0.1, -0.05) is 44.1 Å². The molecular weight excluding hydrogens is 416 g/mol. The Morgan fingerprint density at radius 3 is 2.56 bits per heavy atom. The molecule has 0 saturated heterocycles. The number of rotatable bonds is 7. The molecule has 0 amide bonds. The third-order valence-electron chi connectivity index (χ3n) is 9.85. The molecule has 3 fully saturated rings. The van der Waals surface area contributed by atoms with E-state index in [1.54, 1.807) is 5.57 Å². The molecule has 3 saturated carbocycles. The van der Waals surface area contributed by atoms with Crippen molar-refractivity contribution in [2.45, 2.75) is 115 Å². The monoisotopic (exact) mass is 462 g/mol. The molecule has 4 aliphatic carbocycles. The van der Waals surface area contributed by atoms with Gasteiger partial charge in [-0.25, -0.2) is 0 Å². The summed E-state index contributed by atoms with van der Waals surface area (Å²) in [5.41, 5.74) is 2.51. The smallest absolute Gasteiger partial charge is 0.0661 e. The van der Waals surface area contributed by atoms with Gasteiger partial charge < -0.3 is 15.3 Å². The van der Waals surface area contributed by atoms with Crippen LogP contribution in [0.15, 0.2) is 23.3 Å². The van der Waals surface area contributed by atoms with Crippen LogP contribution >= 0.6 is 11.8 Å². The SMILES string of the molecule is C[C@@H](SCCCCC(C)(C)O)[C@H]1CC[C@H]2C3=CC=C4C[C@@H](O)C[C@H](O)[C@]4(C)[C@H]3CC[C@]12C. The van der Waals surface area contributed by atoms with Gasteiger partial charge in [0, 0.05) is 17.1 Å². The Balaban J connectivity index is 1.43. The van der Waals surface area contributed by atoms with Crippen molar-refractivity contribution in [3.63, 3.8) is 0 Å². The zero-order valence-electron chi connectivity index (χ0n) is 20.9. The minimum atomic E-state index is -0.538. The number of hydrogen-bond acceptors (Lipinski definition) is 4.